The SMILES string of the molecule is Cc1n[nH]c(C)c1CCN(C)C(=O)[C@@H]1Cc2ccccc2O1. The van der Waals surface area contributed by atoms with Crippen molar-refractivity contribution in [3.05, 3.63) is 46.8 Å². The summed E-state index contributed by atoms with van der Waals surface area (Å²) in [7, 11) is 1.83. The van der Waals surface area contributed by atoms with E-state index in [2.05, 4.69) is 10.2 Å². The molecule has 1 aliphatic heterocycles. The molecular weight excluding hydrogens is 278 g/mol. The maximum Gasteiger partial charge on any atom is 0.263 e. The molecule has 1 aliphatic rings. The molecule has 0 radical (unpaired) electrons. The number of nitrogens with zero attached hydrogens (tertiary/aromatic N) is 2. The molecule has 1 N–H and O–H groups in total. The molecular formula is C17H21N3O2. The van der Waals surface area contributed by atoms with Crippen molar-refractivity contribution in [2.45, 2.75) is 32.8 Å². The van der Waals surface area contributed by atoms with Gasteiger partial charge in [0.25, 0.3) is 5.91 Å². The Morgan fingerprint density at radius 1 is 1.41 bits per heavy atom. The van der Waals surface area contributed by atoms with Gasteiger partial charge in [0.1, 0.15) is 5.75 Å². The van der Waals surface area contributed by atoms with Crippen molar-refractivity contribution in [1.29, 1.82) is 0 Å². The van der Waals surface area contributed by atoms with Gasteiger partial charge in [0.2, 0.25) is 0 Å². The average Bonchev–Trinajstić information content (AvgIpc) is 3.08. The van der Waals surface area contributed by atoms with E-state index in [0.717, 1.165) is 29.1 Å². The van der Waals surface area contributed by atoms with Gasteiger partial charge in [-0.15, -0.1) is 0 Å². The Morgan fingerprint density at radius 2 is 2.18 bits per heavy atom. The van der Waals surface area contributed by atoms with Crippen LogP contribution in [-0.4, -0.2) is 40.7 Å². The van der Waals surface area contributed by atoms with Crippen LogP contribution < -0.4 is 4.74 Å². The third-order valence-electron chi connectivity index (χ3n) is 4.28. The number of carbonyl (C=O) groups excluding carboxylic acids is 1. The van der Waals surface area contributed by atoms with Crippen molar-refractivity contribution >= 4 is 5.91 Å². The largest absolute Gasteiger partial charge is 0.480 e. The Bertz CT molecular complexity index is 648. The van der Waals surface area contributed by atoms with Gasteiger partial charge in [-0.05, 0) is 37.5 Å². The van der Waals surface area contributed by atoms with Crippen LogP contribution in [0.5, 0.6) is 5.75 Å². The van der Waals surface area contributed by atoms with Gasteiger partial charge < -0.3 is 9.64 Å². The number of likely N-dealkylation sites (N-methyl/N-ethyl adjacent to an activating group) is 1. The second-order valence-corrected chi connectivity index (χ2v) is 5.84. The normalized spacial score (nSPS) is 16.2. The number of fused-ring (bicyclic) bond motifs is 1. The van der Waals surface area contributed by atoms with E-state index in [1.54, 1.807) is 4.90 Å². The highest BCUT2D eigenvalue weighted by Crippen LogP contribution is 2.28. The van der Waals surface area contributed by atoms with Gasteiger partial charge in [-0.1, -0.05) is 18.2 Å². The fourth-order valence-corrected chi connectivity index (χ4v) is 2.90. The molecule has 1 aromatic heterocycles. The van der Waals surface area contributed by atoms with E-state index in [0.29, 0.717) is 13.0 Å². The number of aryl methyl sites for hydroxylation is 2. The zero-order chi connectivity index (χ0) is 15.7. The summed E-state index contributed by atoms with van der Waals surface area (Å²) in [6, 6.07) is 7.84. The van der Waals surface area contributed by atoms with Crippen LogP contribution in [0.15, 0.2) is 24.3 Å². The minimum Gasteiger partial charge on any atom is -0.480 e. The number of hydrogen-bond donors (Lipinski definition) is 1. The fraction of sp³-hybridized carbons (Fsp3) is 0.412. The number of carbonyl (C=O) groups is 1. The third-order valence-corrected chi connectivity index (χ3v) is 4.28. The first kappa shape index (κ1) is 14.6. The van der Waals surface area contributed by atoms with E-state index in [9.17, 15) is 4.79 Å². The molecule has 0 fully saturated rings. The van der Waals surface area contributed by atoms with Crippen LogP contribution in [0.1, 0.15) is 22.5 Å². The van der Waals surface area contributed by atoms with E-state index in [1.165, 1.54) is 5.56 Å². The Kier molecular flexibility index (Phi) is 3.88. The van der Waals surface area contributed by atoms with Crippen molar-refractivity contribution in [3.8, 4) is 5.75 Å². The number of benzene rings is 1. The Labute approximate surface area is 130 Å². The average molecular weight is 299 g/mol. The predicted octanol–water partition coefficient (Wildman–Crippen LogP) is 2.03. The molecule has 2 aromatic rings. The lowest BCUT2D eigenvalue weighted by molar-refractivity contribution is -0.136. The second-order valence-electron chi connectivity index (χ2n) is 5.84. The summed E-state index contributed by atoms with van der Waals surface area (Å²) in [6.45, 7) is 4.65. The smallest absolute Gasteiger partial charge is 0.263 e. The van der Waals surface area contributed by atoms with Gasteiger partial charge in [-0.3, -0.25) is 9.89 Å². The number of rotatable bonds is 4. The number of para-hydroxylation sites is 1. The first-order valence-corrected chi connectivity index (χ1v) is 7.56. The van der Waals surface area contributed by atoms with E-state index in [4.69, 9.17) is 4.74 Å². The van der Waals surface area contributed by atoms with E-state index in [-0.39, 0.29) is 5.91 Å². The first-order valence-electron chi connectivity index (χ1n) is 7.56. The van der Waals surface area contributed by atoms with Crippen LogP contribution in [0.3, 0.4) is 0 Å². The summed E-state index contributed by atoms with van der Waals surface area (Å²) in [4.78, 5) is 14.3. The molecule has 0 aliphatic carbocycles. The van der Waals surface area contributed by atoms with Crippen LogP contribution in [0.2, 0.25) is 0 Å². The van der Waals surface area contributed by atoms with Crippen molar-refractivity contribution in [2.75, 3.05) is 13.6 Å². The maximum absolute atomic E-state index is 12.5. The van der Waals surface area contributed by atoms with Crippen molar-refractivity contribution in [1.82, 2.24) is 15.1 Å². The van der Waals surface area contributed by atoms with Gasteiger partial charge in [-0.2, -0.15) is 5.10 Å². The number of amides is 1. The van der Waals surface area contributed by atoms with Crippen molar-refractivity contribution in [3.63, 3.8) is 0 Å². The number of H-pyrrole nitrogens is 1. The molecule has 116 valence electrons. The molecule has 1 aromatic carbocycles. The molecule has 3 rings (SSSR count). The summed E-state index contributed by atoms with van der Waals surface area (Å²) < 4.78 is 5.76. The zero-order valence-corrected chi connectivity index (χ0v) is 13.2. The summed E-state index contributed by atoms with van der Waals surface area (Å²) in [5, 5.41) is 7.17. The minimum absolute atomic E-state index is 0.0370. The van der Waals surface area contributed by atoms with Crippen LogP contribution in [0.25, 0.3) is 0 Å². The van der Waals surface area contributed by atoms with Crippen LogP contribution in [-0.2, 0) is 17.6 Å². The summed E-state index contributed by atoms with van der Waals surface area (Å²) in [5.41, 5.74) is 4.37. The molecule has 5 heteroatoms. The highest BCUT2D eigenvalue weighted by atomic mass is 16.5. The molecule has 0 unspecified atom stereocenters. The monoisotopic (exact) mass is 299 g/mol. The predicted molar refractivity (Wildman–Crippen MR) is 84.0 cm³/mol. The molecule has 22 heavy (non-hydrogen) atoms. The molecule has 0 bridgehead atoms. The zero-order valence-electron chi connectivity index (χ0n) is 13.2. The number of aromatic amines is 1. The Hall–Kier alpha value is -2.30. The lowest BCUT2D eigenvalue weighted by atomic mass is 10.1. The van der Waals surface area contributed by atoms with Crippen LogP contribution in [0, 0.1) is 13.8 Å². The van der Waals surface area contributed by atoms with Gasteiger partial charge in [0.05, 0.1) is 5.69 Å². The Morgan fingerprint density at radius 3 is 2.86 bits per heavy atom. The van der Waals surface area contributed by atoms with Gasteiger partial charge in [-0.25, -0.2) is 0 Å². The molecule has 0 saturated carbocycles. The van der Waals surface area contributed by atoms with Crippen molar-refractivity contribution in [2.24, 2.45) is 0 Å². The fourth-order valence-electron chi connectivity index (χ4n) is 2.90. The second kappa shape index (κ2) is 5.83. The number of aromatic nitrogens is 2. The standard InChI is InChI=1S/C17H21N3O2/c1-11-14(12(2)19-18-11)8-9-20(3)17(21)16-10-13-6-4-5-7-15(13)22-16/h4-7,16H,8-10H2,1-3H3,(H,18,19)/t16-/m0/s1. The lowest BCUT2D eigenvalue weighted by Gasteiger charge is -2.20. The van der Waals surface area contributed by atoms with Crippen molar-refractivity contribution < 1.29 is 9.53 Å². The molecule has 0 saturated heterocycles. The molecule has 1 amide bonds. The maximum atomic E-state index is 12.5. The minimum atomic E-state index is -0.394. The molecule has 2 heterocycles. The lowest BCUT2D eigenvalue weighted by Crippen LogP contribution is -2.40. The quantitative estimate of drug-likeness (QED) is 0.940. The van der Waals surface area contributed by atoms with E-state index >= 15 is 0 Å². The first-order chi connectivity index (χ1) is 10.6. The number of ether oxygens (including phenoxy) is 1. The summed E-state index contributed by atoms with van der Waals surface area (Å²) >= 11 is 0. The highest BCUT2D eigenvalue weighted by Gasteiger charge is 2.30. The van der Waals surface area contributed by atoms with Gasteiger partial charge >= 0.3 is 0 Å². The third kappa shape index (κ3) is 2.71. The van der Waals surface area contributed by atoms with E-state index < -0.39 is 6.10 Å². The number of nitrogens with one attached hydrogen (secondary N) is 1. The van der Waals surface area contributed by atoms with Crippen LogP contribution >= 0.6 is 0 Å². The molecule has 0 spiro atoms. The van der Waals surface area contributed by atoms with E-state index in [1.807, 2.05) is 45.2 Å². The number of hydrogen-bond acceptors (Lipinski definition) is 3. The van der Waals surface area contributed by atoms with Crippen LogP contribution in [0.4, 0.5) is 0 Å². The molecule has 1 atom stereocenters. The molecule has 5 nitrogen and oxygen atoms in total. The van der Waals surface area contributed by atoms with Gasteiger partial charge in [0, 0.05) is 25.7 Å². The Balaban J connectivity index is 1.59. The highest BCUT2D eigenvalue weighted by molar-refractivity contribution is 5.82. The summed E-state index contributed by atoms with van der Waals surface area (Å²) in [6.07, 6.45) is 1.06. The van der Waals surface area contributed by atoms with Gasteiger partial charge in [0.15, 0.2) is 6.10 Å². The topological polar surface area (TPSA) is 58.2 Å². The summed E-state index contributed by atoms with van der Waals surface area (Å²) in [5.74, 6) is 0.866.